The molecule has 0 aliphatic rings. The van der Waals surface area contributed by atoms with E-state index in [1.165, 1.54) is 0 Å². The van der Waals surface area contributed by atoms with Crippen molar-refractivity contribution in [1.29, 1.82) is 0 Å². The fourth-order valence-electron chi connectivity index (χ4n) is 3.46. The van der Waals surface area contributed by atoms with Crippen LogP contribution in [0.15, 0.2) is 89.8 Å². The Morgan fingerprint density at radius 1 is 0.938 bits per heavy atom. The van der Waals surface area contributed by atoms with Gasteiger partial charge >= 0.3 is 5.97 Å². The van der Waals surface area contributed by atoms with Crippen LogP contribution in [0.2, 0.25) is 0 Å². The Bertz CT molecular complexity index is 1380. The van der Waals surface area contributed by atoms with Gasteiger partial charge in [-0.3, -0.25) is 4.98 Å². The van der Waals surface area contributed by atoms with E-state index in [1.54, 1.807) is 49.0 Å². The van der Waals surface area contributed by atoms with Gasteiger partial charge in [-0.1, -0.05) is 18.2 Å². The third-order valence-electron chi connectivity index (χ3n) is 5.11. The molecule has 5 rings (SSSR count). The third-order valence-corrected chi connectivity index (χ3v) is 5.11. The van der Waals surface area contributed by atoms with E-state index in [1.807, 2.05) is 36.4 Å². The number of anilines is 1. The first kappa shape index (κ1) is 19.4. The summed E-state index contributed by atoms with van der Waals surface area (Å²) >= 11 is 0. The molecule has 32 heavy (non-hydrogen) atoms. The van der Waals surface area contributed by atoms with Gasteiger partial charge in [-0.25, -0.2) is 14.8 Å². The minimum Gasteiger partial charge on any atom is -0.478 e. The van der Waals surface area contributed by atoms with Gasteiger partial charge in [-0.05, 0) is 65.2 Å². The predicted molar refractivity (Wildman–Crippen MR) is 121 cm³/mol. The van der Waals surface area contributed by atoms with Gasteiger partial charge in [0.05, 0.1) is 17.3 Å². The third kappa shape index (κ3) is 3.91. The van der Waals surface area contributed by atoms with Crippen LogP contribution in [0.4, 0.5) is 5.82 Å². The van der Waals surface area contributed by atoms with Crippen molar-refractivity contribution in [3.05, 3.63) is 96.5 Å². The molecule has 0 saturated carbocycles. The number of aromatic carboxylic acids is 1. The topological polar surface area (TPSA) is 101 Å². The summed E-state index contributed by atoms with van der Waals surface area (Å²) in [7, 11) is 0. The van der Waals surface area contributed by atoms with Crippen molar-refractivity contribution in [2.75, 3.05) is 5.32 Å². The number of nitrogens with zero attached hydrogens (tertiary/aromatic N) is 3. The zero-order valence-corrected chi connectivity index (χ0v) is 16.9. The van der Waals surface area contributed by atoms with Crippen LogP contribution in [0.3, 0.4) is 0 Å². The smallest absolute Gasteiger partial charge is 0.335 e. The van der Waals surface area contributed by atoms with E-state index in [2.05, 4.69) is 15.3 Å². The molecule has 7 nitrogen and oxygen atoms in total. The second kappa shape index (κ2) is 8.31. The van der Waals surface area contributed by atoms with Crippen LogP contribution in [0.25, 0.3) is 33.6 Å². The highest BCUT2D eigenvalue weighted by Gasteiger charge is 2.13. The molecule has 0 amide bonds. The molecular weight excluding hydrogens is 404 g/mol. The van der Waals surface area contributed by atoms with E-state index < -0.39 is 5.97 Å². The van der Waals surface area contributed by atoms with Crippen LogP contribution >= 0.6 is 0 Å². The highest BCUT2D eigenvalue weighted by molar-refractivity contribution is 5.93. The summed E-state index contributed by atoms with van der Waals surface area (Å²) in [5, 5.41) is 13.3. The first-order valence-electron chi connectivity index (χ1n) is 9.99. The Balaban J connectivity index is 1.53. The molecule has 0 aliphatic heterocycles. The number of nitrogens with one attached hydrogen (secondary N) is 1. The fraction of sp³-hybridized carbons (Fsp3) is 0.0400. The number of hydrogen-bond acceptors (Lipinski definition) is 6. The second-order valence-corrected chi connectivity index (χ2v) is 7.20. The number of carbonyl (C=O) groups is 1. The average Bonchev–Trinajstić information content (AvgIpc) is 3.38. The lowest BCUT2D eigenvalue weighted by molar-refractivity contribution is 0.0697. The van der Waals surface area contributed by atoms with Gasteiger partial charge in [-0.2, -0.15) is 0 Å². The largest absolute Gasteiger partial charge is 0.478 e. The minimum atomic E-state index is -0.945. The molecule has 3 heterocycles. The van der Waals surface area contributed by atoms with Crippen molar-refractivity contribution in [3.8, 4) is 22.7 Å². The average molecular weight is 422 g/mol. The lowest BCUT2D eigenvalue weighted by Crippen LogP contribution is -2.05. The maximum Gasteiger partial charge on any atom is 0.335 e. The molecule has 0 atom stereocenters. The summed E-state index contributed by atoms with van der Waals surface area (Å²) < 4.78 is 5.52. The van der Waals surface area contributed by atoms with Gasteiger partial charge in [0.1, 0.15) is 5.82 Å². The van der Waals surface area contributed by atoms with Crippen molar-refractivity contribution in [1.82, 2.24) is 15.0 Å². The molecule has 7 heteroatoms. The summed E-state index contributed by atoms with van der Waals surface area (Å²) in [6.45, 7) is 0.482. The number of aromatic nitrogens is 3. The molecule has 0 aliphatic carbocycles. The molecule has 0 saturated heterocycles. The number of benzene rings is 2. The maximum atomic E-state index is 11.1. The van der Waals surface area contributed by atoms with E-state index >= 15 is 0 Å². The number of pyridine rings is 1. The number of fused-ring (bicyclic) bond motifs is 1. The zero-order chi connectivity index (χ0) is 21.9. The van der Waals surface area contributed by atoms with Gasteiger partial charge in [0.25, 0.3) is 0 Å². The van der Waals surface area contributed by atoms with Crippen molar-refractivity contribution in [2.24, 2.45) is 0 Å². The highest BCUT2D eigenvalue weighted by Crippen LogP contribution is 2.29. The number of carboxylic acids is 1. The van der Waals surface area contributed by atoms with Crippen LogP contribution in [0.5, 0.6) is 0 Å². The first-order chi connectivity index (χ1) is 15.7. The molecule has 3 aromatic heterocycles. The first-order valence-corrected chi connectivity index (χ1v) is 9.99. The monoisotopic (exact) mass is 422 g/mol. The van der Waals surface area contributed by atoms with Crippen molar-refractivity contribution < 1.29 is 14.3 Å². The predicted octanol–water partition coefficient (Wildman–Crippen LogP) is 5.26. The van der Waals surface area contributed by atoms with E-state index in [0.717, 1.165) is 27.6 Å². The highest BCUT2D eigenvalue weighted by atomic mass is 16.4. The number of furan rings is 1. The Hall–Kier alpha value is -4.52. The van der Waals surface area contributed by atoms with Crippen LogP contribution in [-0.4, -0.2) is 26.0 Å². The standard InChI is InChI=1S/C25H18N4O3/c30-25(31)18-5-3-16(4-6-18)15-27-23-20-8-7-19(17-9-11-26-12-10-17)14-21(20)28-24(29-23)22-2-1-13-32-22/h1-14H,15H2,(H,30,31)(H,27,28,29). The summed E-state index contributed by atoms with van der Waals surface area (Å²) in [6, 6.07) is 20.3. The lowest BCUT2D eigenvalue weighted by atomic mass is 10.0. The molecule has 2 aromatic carbocycles. The van der Waals surface area contributed by atoms with E-state index in [0.29, 0.717) is 23.9 Å². The Morgan fingerprint density at radius 3 is 2.47 bits per heavy atom. The fourth-order valence-corrected chi connectivity index (χ4v) is 3.46. The molecule has 5 aromatic rings. The SMILES string of the molecule is O=C(O)c1ccc(CNc2nc(-c3ccco3)nc3cc(-c4ccncc4)ccc23)cc1. The van der Waals surface area contributed by atoms with Crippen LogP contribution in [0.1, 0.15) is 15.9 Å². The number of hydrogen-bond donors (Lipinski definition) is 2. The number of rotatable bonds is 6. The summed E-state index contributed by atoms with van der Waals surface area (Å²) in [5.41, 5.74) is 4.05. The van der Waals surface area contributed by atoms with E-state index in [9.17, 15) is 4.79 Å². The molecule has 0 radical (unpaired) electrons. The number of carboxylic acid groups (broad SMARTS) is 1. The van der Waals surface area contributed by atoms with Crippen LogP contribution in [-0.2, 0) is 6.54 Å². The van der Waals surface area contributed by atoms with Crippen molar-refractivity contribution in [3.63, 3.8) is 0 Å². The second-order valence-electron chi connectivity index (χ2n) is 7.20. The van der Waals surface area contributed by atoms with E-state index in [4.69, 9.17) is 14.5 Å². The van der Waals surface area contributed by atoms with Gasteiger partial charge in [0.2, 0.25) is 0 Å². The van der Waals surface area contributed by atoms with Gasteiger partial charge in [-0.15, -0.1) is 0 Å². The van der Waals surface area contributed by atoms with E-state index in [-0.39, 0.29) is 5.56 Å². The lowest BCUT2D eigenvalue weighted by Gasteiger charge is -2.12. The summed E-state index contributed by atoms with van der Waals surface area (Å²) in [5.74, 6) is 0.789. The molecule has 0 unspecified atom stereocenters. The van der Waals surface area contributed by atoms with Crippen molar-refractivity contribution in [2.45, 2.75) is 6.54 Å². The van der Waals surface area contributed by atoms with Gasteiger partial charge in [0.15, 0.2) is 11.6 Å². The van der Waals surface area contributed by atoms with Gasteiger partial charge < -0.3 is 14.8 Å². The summed E-state index contributed by atoms with van der Waals surface area (Å²) in [4.78, 5) is 24.6. The van der Waals surface area contributed by atoms with Crippen LogP contribution in [0, 0.1) is 0 Å². The normalized spacial score (nSPS) is 10.9. The van der Waals surface area contributed by atoms with Crippen LogP contribution < -0.4 is 5.32 Å². The van der Waals surface area contributed by atoms with Crippen molar-refractivity contribution >= 4 is 22.7 Å². The molecule has 156 valence electrons. The summed E-state index contributed by atoms with van der Waals surface area (Å²) in [6.07, 6.45) is 5.11. The van der Waals surface area contributed by atoms with Gasteiger partial charge in [0, 0.05) is 24.3 Å². The quantitative estimate of drug-likeness (QED) is 0.385. The molecule has 0 fully saturated rings. The Morgan fingerprint density at radius 2 is 1.75 bits per heavy atom. The molecular formula is C25H18N4O3. The molecule has 0 bridgehead atoms. The molecule has 0 spiro atoms. The Kier molecular flexibility index (Phi) is 5.05. The Labute approximate surface area is 183 Å². The maximum absolute atomic E-state index is 11.1. The zero-order valence-electron chi connectivity index (χ0n) is 16.9. The molecule has 2 N–H and O–H groups in total. The minimum absolute atomic E-state index is 0.255.